The van der Waals surface area contributed by atoms with Crippen LogP contribution in [0.1, 0.15) is 17.3 Å². The van der Waals surface area contributed by atoms with Crippen LogP contribution < -0.4 is 14.6 Å². The SMILES string of the molecule is CC(=O)c1cc2c(c(S(N)(=O)=O)c1)OCO2. The van der Waals surface area contributed by atoms with Gasteiger partial charge in [-0.1, -0.05) is 0 Å². The lowest BCUT2D eigenvalue weighted by Crippen LogP contribution is -2.13. The van der Waals surface area contributed by atoms with Crippen LogP contribution in [-0.2, 0) is 10.0 Å². The van der Waals surface area contributed by atoms with Gasteiger partial charge in [0, 0.05) is 5.56 Å². The van der Waals surface area contributed by atoms with Crippen molar-refractivity contribution in [3.05, 3.63) is 17.7 Å². The second kappa shape index (κ2) is 3.46. The highest BCUT2D eigenvalue weighted by Gasteiger charge is 2.26. The lowest BCUT2D eigenvalue weighted by molar-refractivity contribution is 0.101. The van der Waals surface area contributed by atoms with Crippen LogP contribution in [-0.4, -0.2) is 21.0 Å². The summed E-state index contributed by atoms with van der Waals surface area (Å²) in [6, 6.07) is 2.62. The molecule has 0 aliphatic carbocycles. The summed E-state index contributed by atoms with van der Waals surface area (Å²) in [4.78, 5) is 11.0. The van der Waals surface area contributed by atoms with Crippen LogP contribution in [0.3, 0.4) is 0 Å². The van der Waals surface area contributed by atoms with Crippen molar-refractivity contribution in [2.45, 2.75) is 11.8 Å². The van der Waals surface area contributed by atoms with Gasteiger partial charge >= 0.3 is 0 Å². The molecule has 0 atom stereocenters. The van der Waals surface area contributed by atoms with Crippen LogP contribution in [0, 0.1) is 0 Å². The van der Waals surface area contributed by atoms with Crippen LogP contribution >= 0.6 is 0 Å². The molecule has 0 saturated heterocycles. The molecule has 86 valence electrons. The number of hydrogen-bond donors (Lipinski definition) is 1. The third-order valence-electron chi connectivity index (χ3n) is 2.15. The van der Waals surface area contributed by atoms with Gasteiger partial charge < -0.3 is 9.47 Å². The third kappa shape index (κ3) is 1.74. The number of fused-ring (bicyclic) bond motifs is 1. The summed E-state index contributed by atoms with van der Waals surface area (Å²) < 4.78 is 32.6. The molecule has 0 bridgehead atoms. The average molecular weight is 243 g/mol. The van der Waals surface area contributed by atoms with E-state index >= 15 is 0 Å². The molecule has 0 unspecified atom stereocenters. The minimum atomic E-state index is -3.94. The number of rotatable bonds is 2. The van der Waals surface area contributed by atoms with E-state index in [1.54, 1.807) is 0 Å². The number of carbonyl (C=O) groups is 1. The predicted molar refractivity (Wildman–Crippen MR) is 53.9 cm³/mol. The van der Waals surface area contributed by atoms with Crippen molar-refractivity contribution < 1.29 is 22.7 Å². The van der Waals surface area contributed by atoms with Gasteiger partial charge in [0.15, 0.2) is 17.3 Å². The Morgan fingerprint density at radius 1 is 1.38 bits per heavy atom. The highest BCUT2D eigenvalue weighted by atomic mass is 32.2. The Bertz CT molecular complexity index is 564. The molecule has 0 radical (unpaired) electrons. The number of ether oxygens (including phenoxy) is 2. The summed E-state index contributed by atoms with van der Waals surface area (Å²) in [6.07, 6.45) is 0. The zero-order valence-electron chi connectivity index (χ0n) is 8.39. The summed E-state index contributed by atoms with van der Waals surface area (Å²) >= 11 is 0. The quantitative estimate of drug-likeness (QED) is 0.752. The summed E-state index contributed by atoms with van der Waals surface area (Å²) in [6.45, 7) is 1.24. The van der Waals surface area contributed by atoms with E-state index in [-0.39, 0.29) is 34.5 Å². The number of sulfonamides is 1. The van der Waals surface area contributed by atoms with E-state index in [9.17, 15) is 13.2 Å². The molecule has 2 rings (SSSR count). The van der Waals surface area contributed by atoms with Crippen molar-refractivity contribution in [3.63, 3.8) is 0 Å². The largest absolute Gasteiger partial charge is 0.454 e. The van der Waals surface area contributed by atoms with Gasteiger partial charge in [0.25, 0.3) is 0 Å². The lowest BCUT2D eigenvalue weighted by Gasteiger charge is -2.05. The van der Waals surface area contributed by atoms with Crippen molar-refractivity contribution >= 4 is 15.8 Å². The Labute approximate surface area is 92.0 Å². The van der Waals surface area contributed by atoms with E-state index in [0.29, 0.717) is 0 Å². The Morgan fingerprint density at radius 3 is 2.62 bits per heavy atom. The summed E-state index contributed by atoms with van der Waals surface area (Å²) in [5, 5.41) is 5.02. The van der Waals surface area contributed by atoms with Gasteiger partial charge in [-0.25, -0.2) is 13.6 Å². The highest BCUT2D eigenvalue weighted by Crippen LogP contribution is 2.38. The fourth-order valence-electron chi connectivity index (χ4n) is 1.39. The van der Waals surface area contributed by atoms with Gasteiger partial charge in [-0.2, -0.15) is 0 Å². The van der Waals surface area contributed by atoms with E-state index in [1.807, 2.05) is 0 Å². The van der Waals surface area contributed by atoms with Gasteiger partial charge in [0.05, 0.1) is 0 Å². The van der Waals surface area contributed by atoms with Crippen LogP contribution in [0.2, 0.25) is 0 Å². The number of carbonyl (C=O) groups excluding carboxylic acids is 1. The first-order chi connectivity index (χ1) is 7.39. The molecular formula is C9H9NO5S. The molecule has 1 aromatic carbocycles. The molecule has 16 heavy (non-hydrogen) atoms. The molecule has 6 nitrogen and oxygen atoms in total. The topological polar surface area (TPSA) is 95.7 Å². The maximum Gasteiger partial charge on any atom is 0.241 e. The standard InChI is InChI=1S/C9H9NO5S/c1-5(11)6-2-7-9(15-4-14-7)8(3-6)16(10,12)13/h2-3H,4H2,1H3,(H2,10,12,13). The molecule has 1 aliphatic heterocycles. The average Bonchev–Trinajstić information content (AvgIpc) is 2.61. The first-order valence-electron chi connectivity index (χ1n) is 4.37. The normalized spacial score (nSPS) is 13.9. The number of benzene rings is 1. The van der Waals surface area contributed by atoms with Crippen LogP contribution in [0.15, 0.2) is 17.0 Å². The lowest BCUT2D eigenvalue weighted by atomic mass is 10.1. The van der Waals surface area contributed by atoms with Crippen molar-refractivity contribution in [1.82, 2.24) is 0 Å². The molecule has 0 fully saturated rings. The van der Waals surface area contributed by atoms with Gasteiger partial charge in [0.2, 0.25) is 16.8 Å². The highest BCUT2D eigenvalue weighted by molar-refractivity contribution is 7.89. The molecule has 0 saturated carbocycles. The number of Topliss-reactive ketones (excluding diaryl/α,β-unsaturated/α-hetero) is 1. The van der Waals surface area contributed by atoms with Crippen LogP contribution in [0.4, 0.5) is 0 Å². The molecule has 0 spiro atoms. The smallest absolute Gasteiger partial charge is 0.241 e. The number of ketones is 1. The van der Waals surface area contributed by atoms with E-state index < -0.39 is 10.0 Å². The Balaban J connectivity index is 2.73. The van der Waals surface area contributed by atoms with Crippen molar-refractivity contribution in [1.29, 1.82) is 0 Å². The molecule has 1 aliphatic rings. The first kappa shape index (κ1) is 10.9. The van der Waals surface area contributed by atoms with E-state index in [4.69, 9.17) is 14.6 Å². The minimum absolute atomic E-state index is 0.0625. The van der Waals surface area contributed by atoms with Gasteiger partial charge in [-0.05, 0) is 19.1 Å². The third-order valence-corrected chi connectivity index (χ3v) is 3.07. The van der Waals surface area contributed by atoms with Crippen molar-refractivity contribution in [3.8, 4) is 11.5 Å². The Morgan fingerprint density at radius 2 is 2.06 bits per heavy atom. The number of primary sulfonamides is 1. The van der Waals surface area contributed by atoms with Gasteiger partial charge in [-0.3, -0.25) is 4.79 Å². The summed E-state index contributed by atoms with van der Waals surface area (Å²) in [5.41, 5.74) is 0.216. The molecule has 1 aromatic rings. The number of nitrogens with two attached hydrogens (primary N) is 1. The second-order valence-corrected chi connectivity index (χ2v) is 4.84. The summed E-state index contributed by atoms with van der Waals surface area (Å²) in [7, 11) is -3.94. The molecule has 0 aromatic heterocycles. The second-order valence-electron chi connectivity index (χ2n) is 3.31. The van der Waals surface area contributed by atoms with E-state index in [0.717, 1.165) is 0 Å². The van der Waals surface area contributed by atoms with E-state index in [1.165, 1.54) is 19.1 Å². The fourth-order valence-corrected chi connectivity index (χ4v) is 2.10. The summed E-state index contributed by atoms with van der Waals surface area (Å²) in [5.74, 6) is 0.00688. The molecular weight excluding hydrogens is 234 g/mol. The van der Waals surface area contributed by atoms with Gasteiger partial charge in [0.1, 0.15) is 4.90 Å². The minimum Gasteiger partial charge on any atom is -0.454 e. The van der Waals surface area contributed by atoms with Crippen molar-refractivity contribution in [2.75, 3.05) is 6.79 Å². The van der Waals surface area contributed by atoms with Crippen molar-refractivity contribution in [2.24, 2.45) is 5.14 Å². The number of hydrogen-bond acceptors (Lipinski definition) is 5. The Hall–Kier alpha value is -1.60. The van der Waals surface area contributed by atoms with Crippen LogP contribution in [0.5, 0.6) is 11.5 Å². The first-order valence-corrected chi connectivity index (χ1v) is 5.91. The van der Waals surface area contributed by atoms with Crippen LogP contribution in [0.25, 0.3) is 0 Å². The fraction of sp³-hybridized carbons (Fsp3) is 0.222. The van der Waals surface area contributed by atoms with E-state index in [2.05, 4.69) is 0 Å². The Kier molecular flexibility index (Phi) is 2.36. The van der Waals surface area contributed by atoms with Gasteiger partial charge in [-0.15, -0.1) is 0 Å². The molecule has 2 N–H and O–H groups in total. The molecule has 0 amide bonds. The zero-order valence-corrected chi connectivity index (χ0v) is 9.21. The molecule has 1 heterocycles. The monoisotopic (exact) mass is 243 g/mol. The maximum absolute atomic E-state index is 11.3. The molecule has 7 heteroatoms. The zero-order chi connectivity index (χ0) is 11.9. The maximum atomic E-state index is 11.3. The predicted octanol–water partition coefficient (Wildman–Crippen LogP) is 0.265.